The Balaban J connectivity index is 1.68. The van der Waals surface area contributed by atoms with Gasteiger partial charge in [-0.25, -0.2) is 0 Å². The number of hydrogen-bond donors (Lipinski definition) is 0. The van der Waals surface area contributed by atoms with Gasteiger partial charge in [-0.2, -0.15) is 0 Å². The van der Waals surface area contributed by atoms with Crippen molar-refractivity contribution in [2.24, 2.45) is 23.2 Å². The van der Waals surface area contributed by atoms with Gasteiger partial charge in [0, 0.05) is 12.3 Å². The molecule has 5 heteroatoms. The average molecular weight is 308 g/mol. The molecule has 3 heterocycles. The Morgan fingerprint density at radius 1 is 1.14 bits per heavy atom. The molecule has 0 unspecified atom stereocenters. The minimum atomic E-state index is -0.637. The Morgan fingerprint density at radius 2 is 1.86 bits per heavy atom. The molecule has 22 heavy (non-hydrogen) atoms. The van der Waals surface area contributed by atoms with Gasteiger partial charge >= 0.3 is 5.97 Å². The predicted molar refractivity (Wildman–Crippen MR) is 75.9 cm³/mol. The first kappa shape index (κ1) is 13.8. The summed E-state index contributed by atoms with van der Waals surface area (Å²) in [6, 6.07) is 0. The molecule has 7 atom stereocenters. The van der Waals surface area contributed by atoms with Crippen molar-refractivity contribution in [2.75, 3.05) is 13.2 Å². The molecule has 0 aromatic carbocycles. The van der Waals surface area contributed by atoms with Crippen LogP contribution in [0.25, 0.3) is 0 Å². The van der Waals surface area contributed by atoms with Crippen molar-refractivity contribution in [1.82, 2.24) is 0 Å². The van der Waals surface area contributed by atoms with Gasteiger partial charge in [-0.05, 0) is 25.7 Å². The molecular formula is C17H24O5. The third-order valence-electron chi connectivity index (χ3n) is 7.45. The molecule has 0 aromatic rings. The largest absolute Gasteiger partial charge is 0.461 e. The number of esters is 1. The molecule has 5 rings (SSSR count). The monoisotopic (exact) mass is 308 g/mol. The minimum Gasteiger partial charge on any atom is -0.461 e. The Kier molecular flexibility index (Phi) is 2.42. The zero-order valence-corrected chi connectivity index (χ0v) is 13.5. The average Bonchev–Trinajstić information content (AvgIpc) is 2.81. The van der Waals surface area contributed by atoms with Gasteiger partial charge < -0.3 is 18.9 Å². The molecule has 2 aliphatic carbocycles. The summed E-state index contributed by atoms with van der Waals surface area (Å²) in [7, 11) is 0. The van der Waals surface area contributed by atoms with Crippen LogP contribution < -0.4 is 0 Å². The van der Waals surface area contributed by atoms with Gasteiger partial charge in [-0.15, -0.1) is 0 Å². The van der Waals surface area contributed by atoms with Crippen LogP contribution in [0.4, 0.5) is 0 Å². The Bertz CT molecular complexity index is 541. The number of epoxide rings is 1. The quantitative estimate of drug-likeness (QED) is 0.505. The second-order valence-electron chi connectivity index (χ2n) is 8.04. The number of rotatable bonds is 0. The smallest absolute Gasteiger partial charge is 0.309 e. The van der Waals surface area contributed by atoms with E-state index in [-0.39, 0.29) is 35.6 Å². The second kappa shape index (κ2) is 3.87. The first-order chi connectivity index (χ1) is 10.5. The third kappa shape index (κ3) is 1.21. The maximum atomic E-state index is 12.2. The van der Waals surface area contributed by atoms with E-state index in [0.29, 0.717) is 19.1 Å². The summed E-state index contributed by atoms with van der Waals surface area (Å²) in [6.07, 6.45) is 2.87. The van der Waals surface area contributed by atoms with Gasteiger partial charge in [0.15, 0.2) is 5.79 Å². The topological polar surface area (TPSA) is 57.3 Å². The van der Waals surface area contributed by atoms with Crippen molar-refractivity contribution >= 4 is 5.97 Å². The predicted octanol–water partition coefficient (Wildman–Crippen LogP) is 1.88. The number of carbonyl (C=O) groups is 1. The first-order valence-corrected chi connectivity index (χ1v) is 8.62. The van der Waals surface area contributed by atoms with Gasteiger partial charge in [0.05, 0.1) is 30.7 Å². The van der Waals surface area contributed by atoms with Crippen molar-refractivity contribution in [3.8, 4) is 0 Å². The van der Waals surface area contributed by atoms with Crippen LogP contribution >= 0.6 is 0 Å². The van der Waals surface area contributed by atoms with Crippen LogP contribution in [0, 0.1) is 23.2 Å². The summed E-state index contributed by atoms with van der Waals surface area (Å²) in [4.78, 5) is 12.2. The fourth-order valence-corrected chi connectivity index (χ4v) is 6.22. The molecule has 3 aliphatic heterocycles. The Morgan fingerprint density at radius 3 is 2.59 bits per heavy atom. The molecule has 2 saturated carbocycles. The molecular weight excluding hydrogens is 284 g/mol. The molecule has 0 N–H and O–H groups in total. The lowest BCUT2D eigenvalue weighted by Crippen LogP contribution is -2.60. The van der Waals surface area contributed by atoms with E-state index in [0.717, 1.165) is 19.3 Å². The van der Waals surface area contributed by atoms with Crippen molar-refractivity contribution in [2.45, 2.75) is 63.6 Å². The van der Waals surface area contributed by atoms with E-state index >= 15 is 0 Å². The lowest BCUT2D eigenvalue weighted by molar-refractivity contribution is -0.279. The lowest BCUT2D eigenvalue weighted by Gasteiger charge is -2.48. The maximum Gasteiger partial charge on any atom is 0.309 e. The number of carbonyl (C=O) groups excluding carboxylic acids is 1. The molecule has 5 aliphatic rings. The van der Waals surface area contributed by atoms with Crippen molar-refractivity contribution < 1.29 is 23.7 Å². The fraction of sp³-hybridized carbons (Fsp3) is 0.941. The molecule has 0 amide bonds. The van der Waals surface area contributed by atoms with E-state index in [1.54, 1.807) is 0 Å². The normalized spacial score (nSPS) is 58.0. The van der Waals surface area contributed by atoms with Gasteiger partial charge in [0.25, 0.3) is 0 Å². The first-order valence-electron chi connectivity index (χ1n) is 8.62. The highest BCUT2D eigenvalue weighted by molar-refractivity contribution is 5.75. The summed E-state index contributed by atoms with van der Waals surface area (Å²) < 4.78 is 24.5. The van der Waals surface area contributed by atoms with Crippen molar-refractivity contribution in [3.63, 3.8) is 0 Å². The van der Waals surface area contributed by atoms with E-state index < -0.39 is 11.2 Å². The van der Waals surface area contributed by atoms with Crippen LogP contribution in [-0.2, 0) is 23.7 Å². The van der Waals surface area contributed by atoms with Crippen LogP contribution in [0.1, 0.15) is 40.0 Å². The number of fused-ring (bicyclic) bond motifs is 3. The summed E-state index contributed by atoms with van der Waals surface area (Å²) in [5.74, 6) is -0.0707. The SMILES string of the molecule is C[C@@H]1C(=O)O[C@@H]2[C@H]1CC[C@H](C)[C@]13O[C@H]1CC1(OCCO1)[C@@]23C. The van der Waals surface area contributed by atoms with E-state index in [2.05, 4.69) is 13.8 Å². The molecule has 2 spiro atoms. The summed E-state index contributed by atoms with van der Waals surface area (Å²) in [5, 5.41) is 0. The summed E-state index contributed by atoms with van der Waals surface area (Å²) >= 11 is 0. The van der Waals surface area contributed by atoms with Crippen molar-refractivity contribution in [1.29, 1.82) is 0 Å². The highest BCUT2D eigenvalue weighted by atomic mass is 16.8. The molecule has 0 radical (unpaired) electrons. The summed E-state index contributed by atoms with van der Waals surface area (Å²) in [6.45, 7) is 7.71. The standard InChI is InChI=1S/C17H24O5/c1-9-4-5-11-10(2)14(18)21-13(11)15(3)16(19-6-7-20-16)8-12-17(9,15)22-12/h9-13H,4-8H2,1-3H3/t9-,10-,11-,12-,13+,15+,17-/m0/s1. The maximum absolute atomic E-state index is 12.2. The molecule has 0 bridgehead atoms. The molecule has 122 valence electrons. The van der Waals surface area contributed by atoms with Gasteiger partial charge in [-0.1, -0.05) is 13.8 Å². The zero-order valence-electron chi connectivity index (χ0n) is 13.5. The number of ether oxygens (including phenoxy) is 4. The van der Waals surface area contributed by atoms with Crippen LogP contribution in [0.3, 0.4) is 0 Å². The van der Waals surface area contributed by atoms with Crippen LogP contribution in [0.2, 0.25) is 0 Å². The zero-order chi connectivity index (χ0) is 15.3. The van der Waals surface area contributed by atoms with Crippen LogP contribution in [-0.4, -0.2) is 42.8 Å². The highest BCUT2D eigenvalue weighted by Crippen LogP contribution is 2.74. The lowest BCUT2D eigenvalue weighted by atomic mass is 9.64. The van der Waals surface area contributed by atoms with Crippen LogP contribution in [0.5, 0.6) is 0 Å². The van der Waals surface area contributed by atoms with Crippen LogP contribution in [0.15, 0.2) is 0 Å². The minimum absolute atomic E-state index is 0.0413. The van der Waals surface area contributed by atoms with E-state index in [1.807, 2.05) is 6.92 Å². The fourth-order valence-electron chi connectivity index (χ4n) is 6.22. The van der Waals surface area contributed by atoms with Gasteiger partial charge in [0.2, 0.25) is 0 Å². The highest BCUT2D eigenvalue weighted by Gasteiger charge is 2.87. The Hall–Kier alpha value is -0.650. The molecule has 0 aromatic heterocycles. The third-order valence-corrected chi connectivity index (χ3v) is 7.45. The molecule has 3 saturated heterocycles. The van der Waals surface area contributed by atoms with E-state index in [1.165, 1.54) is 0 Å². The molecule has 5 nitrogen and oxygen atoms in total. The van der Waals surface area contributed by atoms with Gasteiger partial charge in [0.1, 0.15) is 11.7 Å². The number of hydrogen-bond acceptors (Lipinski definition) is 5. The van der Waals surface area contributed by atoms with E-state index in [4.69, 9.17) is 18.9 Å². The summed E-state index contributed by atoms with van der Waals surface area (Å²) in [5.41, 5.74) is -0.663. The Labute approximate surface area is 130 Å². The second-order valence-corrected chi connectivity index (χ2v) is 8.04. The van der Waals surface area contributed by atoms with Crippen molar-refractivity contribution in [3.05, 3.63) is 0 Å². The van der Waals surface area contributed by atoms with E-state index in [9.17, 15) is 4.79 Å². The van der Waals surface area contributed by atoms with Gasteiger partial charge in [-0.3, -0.25) is 4.79 Å². The molecule has 5 fully saturated rings.